The molecule has 0 aliphatic rings. The highest BCUT2D eigenvalue weighted by molar-refractivity contribution is 6.33. The maximum atomic E-state index is 13.0. The van der Waals surface area contributed by atoms with E-state index in [1.165, 1.54) is 10.9 Å². The van der Waals surface area contributed by atoms with Gasteiger partial charge in [-0.25, -0.2) is 9.78 Å². The number of rotatable bonds is 5. The minimum absolute atomic E-state index is 0.0360. The van der Waals surface area contributed by atoms with Gasteiger partial charge in [0, 0.05) is 5.56 Å². The van der Waals surface area contributed by atoms with E-state index in [0.29, 0.717) is 16.4 Å². The smallest absolute Gasteiger partial charge is 0.342 e. The number of benzene rings is 1. The van der Waals surface area contributed by atoms with Gasteiger partial charge < -0.3 is 13.7 Å². The number of halogens is 1. The number of ether oxygens (including phenoxy) is 1. The highest BCUT2D eigenvalue weighted by atomic mass is 35.5. The van der Waals surface area contributed by atoms with Crippen molar-refractivity contribution in [3.05, 3.63) is 63.2 Å². The molecule has 29 heavy (non-hydrogen) atoms. The topological polar surface area (TPSA) is 113 Å². The summed E-state index contributed by atoms with van der Waals surface area (Å²) in [7, 11) is 0. The van der Waals surface area contributed by atoms with E-state index in [-0.39, 0.29) is 41.5 Å². The Kier molecular flexibility index (Phi) is 4.89. The molecule has 0 aliphatic heterocycles. The molecule has 0 spiro atoms. The summed E-state index contributed by atoms with van der Waals surface area (Å²) < 4.78 is 17.0. The number of furan rings is 1. The zero-order valence-electron chi connectivity index (χ0n) is 15.5. The summed E-state index contributed by atoms with van der Waals surface area (Å²) in [4.78, 5) is 33.6. The second-order valence-corrected chi connectivity index (χ2v) is 6.51. The van der Waals surface area contributed by atoms with Gasteiger partial charge in [0.1, 0.15) is 29.6 Å². The predicted molar refractivity (Wildman–Crippen MR) is 103 cm³/mol. The molecule has 0 radical (unpaired) electrons. The van der Waals surface area contributed by atoms with Crippen LogP contribution in [0.1, 0.15) is 28.9 Å². The molecule has 4 rings (SSSR count). The van der Waals surface area contributed by atoms with E-state index in [0.717, 1.165) is 0 Å². The monoisotopic (exact) mass is 414 g/mol. The van der Waals surface area contributed by atoms with Crippen LogP contribution < -0.4 is 5.56 Å². The zero-order chi connectivity index (χ0) is 20.5. The van der Waals surface area contributed by atoms with E-state index >= 15 is 0 Å². The molecule has 4 aromatic rings. The summed E-state index contributed by atoms with van der Waals surface area (Å²) in [6, 6.07) is 7.07. The van der Waals surface area contributed by atoms with Crippen LogP contribution in [0.3, 0.4) is 0 Å². The highest BCUT2D eigenvalue weighted by Crippen LogP contribution is 2.25. The minimum atomic E-state index is -0.640. The van der Waals surface area contributed by atoms with E-state index in [2.05, 4.69) is 15.1 Å². The van der Waals surface area contributed by atoms with Crippen LogP contribution in [0, 0.1) is 6.92 Å². The molecule has 0 N–H and O–H groups in total. The molecule has 9 nitrogen and oxygen atoms in total. The summed E-state index contributed by atoms with van der Waals surface area (Å²) >= 11 is 6.15. The third kappa shape index (κ3) is 3.40. The first kappa shape index (κ1) is 18.9. The van der Waals surface area contributed by atoms with Gasteiger partial charge in [-0.05, 0) is 26.0 Å². The number of hydrogen-bond donors (Lipinski definition) is 0. The number of aryl methyl sites for hydroxylation is 1. The van der Waals surface area contributed by atoms with E-state index < -0.39 is 11.5 Å². The summed E-state index contributed by atoms with van der Waals surface area (Å²) in [5.74, 6) is 0.110. The molecule has 10 heteroatoms. The van der Waals surface area contributed by atoms with Crippen molar-refractivity contribution in [3.63, 3.8) is 0 Å². The molecule has 3 heterocycles. The van der Waals surface area contributed by atoms with Crippen molar-refractivity contribution in [2.45, 2.75) is 20.4 Å². The third-order valence-corrected chi connectivity index (χ3v) is 4.55. The van der Waals surface area contributed by atoms with E-state index in [1.54, 1.807) is 38.1 Å². The lowest BCUT2D eigenvalue weighted by molar-refractivity contribution is 0.0526. The van der Waals surface area contributed by atoms with Gasteiger partial charge in [-0.3, -0.25) is 9.36 Å². The van der Waals surface area contributed by atoms with Crippen molar-refractivity contribution in [1.82, 2.24) is 19.7 Å². The molecular formula is C19H15ClN4O5. The standard InChI is InChI=1S/C19H15ClN4O5/c1-3-27-19(26)14-10(2)28-17-15(14)18(25)24(9-21-17)8-13-22-16(23-29-13)11-6-4-5-7-12(11)20/h4-7,9H,3,8H2,1-2H3. The SMILES string of the molecule is CCOC(=O)c1c(C)oc2ncn(Cc3nc(-c4ccccc4Cl)no3)c(=O)c12. The number of fused-ring (bicyclic) bond motifs is 1. The largest absolute Gasteiger partial charge is 0.462 e. The molecule has 0 saturated heterocycles. The third-order valence-electron chi connectivity index (χ3n) is 4.22. The first-order valence-electron chi connectivity index (χ1n) is 8.72. The van der Waals surface area contributed by atoms with Crippen LogP contribution in [0.4, 0.5) is 0 Å². The molecule has 148 valence electrons. The van der Waals surface area contributed by atoms with Gasteiger partial charge in [0.2, 0.25) is 17.4 Å². The average molecular weight is 415 g/mol. The van der Waals surface area contributed by atoms with Gasteiger partial charge in [0.25, 0.3) is 5.56 Å². The van der Waals surface area contributed by atoms with Crippen LogP contribution in [0.25, 0.3) is 22.5 Å². The van der Waals surface area contributed by atoms with Crippen LogP contribution in [0.5, 0.6) is 0 Å². The molecule has 0 unspecified atom stereocenters. The van der Waals surface area contributed by atoms with Crippen molar-refractivity contribution in [3.8, 4) is 11.4 Å². The van der Waals surface area contributed by atoms with Crippen molar-refractivity contribution in [1.29, 1.82) is 0 Å². The molecule has 0 amide bonds. The Morgan fingerprint density at radius 1 is 1.31 bits per heavy atom. The lowest BCUT2D eigenvalue weighted by atomic mass is 10.2. The van der Waals surface area contributed by atoms with Crippen molar-refractivity contribution < 1.29 is 18.5 Å². The summed E-state index contributed by atoms with van der Waals surface area (Å²) in [6.45, 7) is 3.39. The highest BCUT2D eigenvalue weighted by Gasteiger charge is 2.24. The fourth-order valence-electron chi connectivity index (χ4n) is 2.92. The maximum absolute atomic E-state index is 13.0. The Morgan fingerprint density at radius 2 is 2.10 bits per heavy atom. The van der Waals surface area contributed by atoms with Crippen LogP contribution in [-0.2, 0) is 11.3 Å². The Bertz CT molecular complexity index is 1270. The lowest BCUT2D eigenvalue weighted by Gasteiger charge is -2.02. The number of aromatic nitrogens is 4. The number of hydrogen-bond acceptors (Lipinski definition) is 8. The van der Waals surface area contributed by atoms with Gasteiger partial charge in [0.05, 0.1) is 11.6 Å². The van der Waals surface area contributed by atoms with Crippen molar-refractivity contribution in [2.75, 3.05) is 6.61 Å². The first-order valence-corrected chi connectivity index (χ1v) is 9.10. The second kappa shape index (κ2) is 7.51. The van der Waals surface area contributed by atoms with Crippen molar-refractivity contribution >= 4 is 28.7 Å². The summed E-state index contributed by atoms with van der Waals surface area (Å²) in [5.41, 5.74) is 0.262. The van der Waals surface area contributed by atoms with Gasteiger partial charge in [-0.15, -0.1) is 0 Å². The van der Waals surface area contributed by atoms with Crippen LogP contribution in [0.15, 0.2) is 44.3 Å². The van der Waals surface area contributed by atoms with Gasteiger partial charge in [0.15, 0.2) is 0 Å². The van der Waals surface area contributed by atoms with E-state index in [1.807, 2.05) is 0 Å². The normalized spacial score (nSPS) is 11.1. The molecule has 0 aliphatic carbocycles. The molecule has 1 aromatic carbocycles. The minimum Gasteiger partial charge on any atom is -0.462 e. The Morgan fingerprint density at radius 3 is 2.86 bits per heavy atom. The lowest BCUT2D eigenvalue weighted by Crippen LogP contribution is -2.22. The van der Waals surface area contributed by atoms with Gasteiger partial charge >= 0.3 is 5.97 Å². The Hall–Kier alpha value is -3.46. The quantitative estimate of drug-likeness (QED) is 0.457. The number of carbonyl (C=O) groups is 1. The Labute approximate surface area is 168 Å². The number of esters is 1. The number of nitrogens with zero attached hydrogens (tertiary/aromatic N) is 4. The Balaban J connectivity index is 1.72. The predicted octanol–water partition coefficient (Wildman–Crippen LogP) is 3.23. The molecule has 0 fully saturated rings. The van der Waals surface area contributed by atoms with E-state index in [9.17, 15) is 9.59 Å². The molecule has 0 atom stereocenters. The zero-order valence-corrected chi connectivity index (χ0v) is 16.3. The van der Waals surface area contributed by atoms with E-state index in [4.69, 9.17) is 25.3 Å². The first-order chi connectivity index (χ1) is 14.0. The molecular weight excluding hydrogens is 400 g/mol. The molecule has 3 aromatic heterocycles. The fourth-order valence-corrected chi connectivity index (χ4v) is 3.14. The summed E-state index contributed by atoms with van der Waals surface area (Å²) in [6.07, 6.45) is 1.29. The second-order valence-electron chi connectivity index (χ2n) is 6.10. The molecule has 0 bridgehead atoms. The average Bonchev–Trinajstić information content (AvgIpc) is 3.29. The fraction of sp³-hybridized carbons (Fsp3) is 0.211. The van der Waals surface area contributed by atoms with Crippen molar-refractivity contribution in [2.24, 2.45) is 0 Å². The van der Waals surface area contributed by atoms with Gasteiger partial charge in [-0.2, -0.15) is 4.98 Å². The number of carbonyl (C=O) groups excluding carboxylic acids is 1. The van der Waals surface area contributed by atoms with Crippen LogP contribution in [-0.4, -0.2) is 32.3 Å². The maximum Gasteiger partial charge on any atom is 0.342 e. The van der Waals surface area contributed by atoms with Crippen LogP contribution >= 0.6 is 11.6 Å². The van der Waals surface area contributed by atoms with Crippen LogP contribution in [0.2, 0.25) is 5.02 Å². The molecule has 0 saturated carbocycles. The summed E-state index contributed by atoms with van der Waals surface area (Å²) in [5, 5.41) is 4.44. The van der Waals surface area contributed by atoms with Gasteiger partial charge in [-0.1, -0.05) is 28.9 Å².